The Balaban J connectivity index is 1.95. The molecule has 9 heteroatoms. The molecule has 3 N–H and O–H groups in total. The van der Waals surface area contributed by atoms with Crippen LogP contribution in [-0.4, -0.2) is 42.9 Å². The number of nitrogens with zero attached hydrogens (tertiary/aromatic N) is 1. The van der Waals surface area contributed by atoms with Crippen LogP contribution in [0.1, 0.15) is 23.7 Å². The fraction of sp³-hybridized carbons (Fsp3) is 0.238. The van der Waals surface area contributed by atoms with Crippen molar-refractivity contribution in [3.63, 3.8) is 0 Å². The summed E-state index contributed by atoms with van der Waals surface area (Å²) >= 11 is 0. The average molecular weight is 415 g/mol. The highest BCUT2D eigenvalue weighted by Gasteiger charge is 2.22. The van der Waals surface area contributed by atoms with E-state index in [0.717, 1.165) is 12.1 Å². The maximum absolute atomic E-state index is 13.2. The molecular formula is C21H22FN3O5. The maximum atomic E-state index is 13.2. The number of rotatable bonds is 9. The second-order valence-electron chi connectivity index (χ2n) is 6.41. The summed E-state index contributed by atoms with van der Waals surface area (Å²) in [6.45, 7) is 0.747. The Labute approximate surface area is 172 Å². The Morgan fingerprint density at radius 2 is 1.70 bits per heavy atom. The molecule has 2 rings (SSSR count). The molecule has 2 aromatic rings. The highest BCUT2D eigenvalue weighted by Crippen LogP contribution is 2.16. The summed E-state index contributed by atoms with van der Waals surface area (Å²) < 4.78 is 18.2. The number of hydrogen-bond donors (Lipinski definition) is 2. The second-order valence-corrected chi connectivity index (χ2v) is 6.41. The summed E-state index contributed by atoms with van der Waals surface area (Å²) in [5, 5.41) is 2.49. The van der Waals surface area contributed by atoms with E-state index in [4.69, 9.17) is 10.5 Å². The fourth-order valence-electron chi connectivity index (χ4n) is 2.51. The van der Waals surface area contributed by atoms with Crippen LogP contribution >= 0.6 is 0 Å². The second kappa shape index (κ2) is 10.7. The number of ether oxygens (including phenoxy) is 1. The predicted octanol–water partition coefficient (Wildman–Crippen LogP) is 1.40. The number of nitrogens with one attached hydrogen (secondary N) is 1. The lowest BCUT2D eigenvalue weighted by molar-refractivity contribution is -0.149. The zero-order chi connectivity index (χ0) is 22.1. The number of benzene rings is 2. The molecule has 0 saturated carbocycles. The van der Waals surface area contributed by atoms with Crippen LogP contribution in [0, 0.1) is 5.82 Å². The van der Waals surface area contributed by atoms with Crippen LogP contribution in [0.5, 0.6) is 0 Å². The summed E-state index contributed by atoms with van der Waals surface area (Å²) in [5.74, 6) is -3.00. The first-order valence-corrected chi connectivity index (χ1v) is 9.14. The van der Waals surface area contributed by atoms with Crippen LogP contribution in [0.25, 0.3) is 0 Å². The summed E-state index contributed by atoms with van der Waals surface area (Å²) in [4.78, 5) is 49.0. The van der Waals surface area contributed by atoms with Gasteiger partial charge in [0.1, 0.15) is 11.9 Å². The molecule has 158 valence electrons. The number of primary amides is 1. The quantitative estimate of drug-likeness (QED) is 0.600. The Hall–Kier alpha value is -3.75. The first kappa shape index (κ1) is 22.5. The van der Waals surface area contributed by atoms with Gasteiger partial charge in [-0.2, -0.15) is 0 Å². The van der Waals surface area contributed by atoms with Gasteiger partial charge in [-0.05, 0) is 43.3 Å². The predicted molar refractivity (Wildman–Crippen MR) is 107 cm³/mol. The van der Waals surface area contributed by atoms with Gasteiger partial charge in [-0.25, -0.2) is 9.18 Å². The molecule has 0 heterocycles. The highest BCUT2D eigenvalue weighted by atomic mass is 19.1. The van der Waals surface area contributed by atoms with Crippen molar-refractivity contribution in [2.24, 2.45) is 5.73 Å². The van der Waals surface area contributed by atoms with E-state index in [9.17, 15) is 23.6 Å². The number of esters is 1. The van der Waals surface area contributed by atoms with Gasteiger partial charge in [0.05, 0.1) is 0 Å². The molecule has 0 radical (unpaired) electrons. The molecule has 1 atom stereocenters. The molecule has 0 aliphatic rings. The maximum Gasteiger partial charge on any atom is 0.328 e. The van der Waals surface area contributed by atoms with Crippen molar-refractivity contribution < 1.29 is 28.3 Å². The average Bonchev–Trinajstić information content (AvgIpc) is 2.73. The van der Waals surface area contributed by atoms with Gasteiger partial charge in [0.15, 0.2) is 6.61 Å². The number of anilines is 1. The van der Waals surface area contributed by atoms with Crippen LogP contribution in [-0.2, 0) is 19.1 Å². The topological polar surface area (TPSA) is 119 Å². The van der Waals surface area contributed by atoms with Crippen molar-refractivity contribution in [3.8, 4) is 0 Å². The van der Waals surface area contributed by atoms with E-state index < -0.39 is 42.2 Å². The van der Waals surface area contributed by atoms with Gasteiger partial charge < -0.3 is 20.7 Å². The molecular weight excluding hydrogens is 393 g/mol. The monoisotopic (exact) mass is 415 g/mol. The number of carbonyl (C=O) groups excluding carboxylic acids is 4. The number of nitrogens with two attached hydrogens (primary N) is 1. The van der Waals surface area contributed by atoms with Gasteiger partial charge in [-0.15, -0.1) is 0 Å². The first-order valence-electron chi connectivity index (χ1n) is 9.14. The van der Waals surface area contributed by atoms with Crippen LogP contribution in [0.4, 0.5) is 10.1 Å². The lowest BCUT2D eigenvalue weighted by atomic mass is 10.2. The smallest absolute Gasteiger partial charge is 0.328 e. The van der Waals surface area contributed by atoms with Gasteiger partial charge in [0, 0.05) is 24.2 Å². The summed E-state index contributed by atoms with van der Waals surface area (Å²) in [6, 6.07) is 12.4. The Bertz CT molecular complexity index is 903. The van der Waals surface area contributed by atoms with Crippen LogP contribution in [0.2, 0.25) is 0 Å². The lowest BCUT2D eigenvalue weighted by Crippen LogP contribution is -2.42. The minimum atomic E-state index is -0.990. The van der Waals surface area contributed by atoms with Crippen molar-refractivity contribution in [2.45, 2.75) is 19.4 Å². The van der Waals surface area contributed by atoms with Gasteiger partial charge in [0.2, 0.25) is 5.91 Å². The molecule has 0 aliphatic heterocycles. The summed E-state index contributed by atoms with van der Waals surface area (Å²) in [6.07, 6.45) is -0.124. The van der Waals surface area contributed by atoms with Crippen molar-refractivity contribution in [1.29, 1.82) is 0 Å². The molecule has 8 nitrogen and oxygen atoms in total. The normalized spacial score (nSPS) is 11.3. The van der Waals surface area contributed by atoms with Crippen LogP contribution < -0.4 is 16.0 Å². The number of carbonyl (C=O) groups is 4. The molecule has 0 bridgehead atoms. The van der Waals surface area contributed by atoms with E-state index in [2.05, 4.69) is 5.32 Å². The van der Waals surface area contributed by atoms with Gasteiger partial charge in [-0.1, -0.05) is 18.2 Å². The van der Waals surface area contributed by atoms with E-state index in [1.165, 1.54) is 24.0 Å². The molecule has 30 heavy (non-hydrogen) atoms. The lowest BCUT2D eigenvalue weighted by Gasteiger charge is -2.22. The van der Waals surface area contributed by atoms with E-state index >= 15 is 0 Å². The molecule has 2 aromatic carbocycles. The minimum absolute atomic E-state index is 0.0579. The zero-order valence-corrected chi connectivity index (χ0v) is 16.3. The Morgan fingerprint density at radius 3 is 2.30 bits per heavy atom. The van der Waals surface area contributed by atoms with Gasteiger partial charge in [-0.3, -0.25) is 14.4 Å². The molecule has 0 spiro atoms. The molecule has 0 aliphatic carbocycles. The van der Waals surface area contributed by atoms with Gasteiger partial charge >= 0.3 is 5.97 Å². The third kappa shape index (κ3) is 6.69. The highest BCUT2D eigenvalue weighted by molar-refractivity contribution is 5.98. The van der Waals surface area contributed by atoms with E-state index in [1.807, 2.05) is 0 Å². The van der Waals surface area contributed by atoms with E-state index in [1.54, 1.807) is 30.3 Å². The van der Waals surface area contributed by atoms with E-state index in [-0.39, 0.29) is 13.0 Å². The first-order chi connectivity index (χ1) is 14.3. The third-order valence-corrected chi connectivity index (χ3v) is 4.10. The van der Waals surface area contributed by atoms with E-state index in [0.29, 0.717) is 11.3 Å². The number of hydrogen-bond acceptors (Lipinski definition) is 5. The van der Waals surface area contributed by atoms with Crippen LogP contribution in [0.3, 0.4) is 0 Å². The number of halogens is 1. The largest absolute Gasteiger partial charge is 0.454 e. The third-order valence-electron chi connectivity index (χ3n) is 4.10. The van der Waals surface area contributed by atoms with Crippen molar-refractivity contribution in [2.75, 3.05) is 18.1 Å². The van der Waals surface area contributed by atoms with Gasteiger partial charge in [0.25, 0.3) is 11.8 Å². The van der Waals surface area contributed by atoms with Crippen LogP contribution in [0.15, 0.2) is 54.6 Å². The number of amides is 3. The minimum Gasteiger partial charge on any atom is -0.454 e. The standard InChI is InChI=1S/C21H22FN3O5/c1-14(24-20(28)15-5-3-2-4-6-15)21(29)30-13-19(27)25(12-11-18(23)26)17-9-7-16(22)8-10-17/h2-10,14H,11-13H2,1H3,(H2,23,26)(H,24,28)/t14-/m0/s1. The molecule has 0 unspecified atom stereocenters. The SMILES string of the molecule is C[C@H](NC(=O)c1ccccc1)C(=O)OCC(=O)N(CCC(N)=O)c1ccc(F)cc1. The fourth-order valence-corrected chi connectivity index (χ4v) is 2.51. The molecule has 0 aromatic heterocycles. The summed E-state index contributed by atoms with van der Waals surface area (Å²) in [7, 11) is 0. The Morgan fingerprint density at radius 1 is 1.07 bits per heavy atom. The van der Waals surface area contributed by atoms with Crippen molar-refractivity contribution in [1.82, 2.24) is 5.32 Å². The van der Waals surface area contributed by atoms with Crippen molar-refractivity contribution >= 4 is 29.4 Å². The van der Waals surface area contributed by atoms with Crippen molar-refractivity contribution in [3.05, 3.63) is 66.0 Å². The Kier molecular flexibility index (Phi) is 8.04. The zero-order valence-electron chi connectivity index (χ0n) is 16.3. The summed E-state index contributed by atoms with van der Waals surface area (Å²) in [5.41, 5.74) is 5.84. The molecule has 0 fully saturated rings. The molecule has 0 saturated heterocycles. The molecule has 3 amide bonds.